The largest absolute Gasteiger partial charge is 0.464 e. The van der Waals surface area contributed by atoms with E-state index in [0.717, 1.165) is 25.9 Å². The van der Waals surface area contributed by atoms with E-state index in [1.54, 1.807) is 7.05 Å². The van der Waals surface area contributed by atoms with Crippen LogP contribution >= 0.6 is 0 Å². The minimum absolute atomic E-state index is 0.377. The molecular weight excluding hydrogens is 230 g/mol. The zero-order chi connectivity index (χ0) is 13.4. The summed E-state index contributed by atoms with van der Waals surface area (Å²) in [5.74, 6) is 1.21. The summed E-state index contributed by atoms with van der Waals surface area (Å²) in [6.45, 7) is 8.56. The minimum Gasteiger partial charge on any atom is -0.464 e. The van der Waals surface area contributed by atoms with Crippen molar-refractivity contribution in [2.75, 3.05) is 37.0 Å². The van der Waals surface area contributed by atoms with Gasteiger partial charge < -0.3 is 15.0 Å². The number of rotatable bonds is 8. The van der Waals surface area contributed by atoms with Gasteiger partial charge in [-0.05, 0) is 20.3 Å². The topological polar surface area (TPSA) is 63.2 Å². The zero-order valence-electron chi connectivity index (χ0n) is 11.7. The second-order valence-corrected chi connectivity index (χ2v) is 3.86. The lowest BCUT2D eigenvalue weighted by Gasteiger charge is -2.21. The fraction of sp³-hybridized carbons (Fsp3) is 0.750. The van der Waals surface area contributed by atoms with Crippen molar-refractivity contribution in [3.63, 3.8) is 0 Å². The molecule has 0 fully saturated rings. The molecule has 6 nitrogen and oxygen atoms in total. The molecule has 0 saturated carbocycles. The van der Waals surface area contributed by atoms with Crippen LogP contribution in [0.3, 0.4) is 0 Å². The van der Waals surface area contributed by atoms with Crippen LogP contribution < -0.4 is 15.0 Å². The molecule has 102 valence electrons. The maximum Gasteiger partial charge on any atom is 0.323 e. The molecule has 6 heteroatoms. The Labute approximate surface area is 109 Å². The maximum absolute atomic E-state index is 5.36. The van der Waals surface area contributed by atoms with Gasteiger partial charge in [-0.15, -0.1) is 0 Å². The van der Waals surface area contributed by atoms with Crippen LogP contribution in [0.25, 0.3) is 0 Å². The van der Waals surface area contributed by atoms with Crippen LogP contribution in [0, 0.1) is 0 Å². The third-order valence-electron chi connectivity index (χ3n) is 2.55. The van der Waals surface area contributed by atoms with E-state index in [9.17, 15) is 0 Å². The van der Waals surface area contributed by atoms with Crippen molar-refractivity contribution in [3.05, 3.63) is 0 Å². The van der Waals surface area contributed by atoms with Gasteiger partial charge in [0.25, 0.3) is 0 Å². The Balaban J connectivity index is 2.93. The van der Waals surface area contributed by atoms with Crippen LogP contribution in [0.2, 0.25) is 0 Å². The van der Waals surface area contributed by atoms with E-state index in [-0.39, 0.29) is 0 Å². The number of aromatic nitrogens is 3. The van der Waals surface area contributed by atoms with Gasteiger partial charge in [0.15, 0.2) is 0 Å². The summed E-state index contributed by atoms with van der Waals surface area (Å²) in [7, 11) is 1.79. The van der Waals surface area contributed by atoms with Gasteiger partial charge in [-0.3, -0.25) is 0 Å². The van der Waals surface area contributed by atoms with Crippen LogP contribution in [-0.2, 0) is 0 Å². The number of unbranched alkanes of at least 4 members (excludes halogenated alkanes) is 1. The number of nitrogens with zero attached hydrogens (tertiary/aromatic N) is 4. The molecule has 1 aromatic heterocycles. The smallest absolute Gasteiger partial charge is 0.323 e. The Morgan fingerprint density at radius 1 is 1.17 bits per heavy atom. The highest BCUT2D eigenvalue weighted by molar-refractivity contribution is 5.37. The number of nitrogens with one attached hydrogen (secondary N) is 1. The van der Waals surface area contributed by atoms with E-state index in [1.165, 1.54) is 0 Å². The summed E-state index contributed by atoms with van der Waals surface area (Å²) in [5.41, 5.74) is 0. The van der Waals surface area contributed by atoms with Crippen molar-refractivity contribution < 1.29 is 4.74 Å². The molecule has 0 aliphatic heterocycles. The highest BCUT2D eigenvalue weighted by atomic mass is 16.5. The van der Waals surface area contributed by atoms with E-state index in [0.29, 0.717) is 24.5 Å². The molecule has 0 aliphatic carbocycles. The summed E-state index contributed by atoms with van der Waals surface area (Å²) in [6.07, 6.45) is 2.27. The average molecular weight is 253 g/mol. The van der Waals surface area contributed by atoms with E-state index in [1.807, 2.05) is 6.92 Å². The standard InChI is InChI=1S/C12H23N5O/c1-5-8-9-17(6-2)11-14-10(13-4)15-12(16-11)18-7-3/h5-9H2,1-4H3,(H,13,14,15,16). The van der Waals surface area contributed by atoms with Crippen molar-refractivity contribution in [2.45, 2.75) is 33.6 Å². The first-order valence-electron chi connectivity index (χ1n) is 6.56. The van der Waals surface area contributed by atoms with Gasteiger partial charge in [-0.1, -0.05) is 13.3 Å². The molecule has 0 saturated heterocycles. The Kier molecular flexibility index (Phi) is 6.18. The van der Waals surface area contributed by atoms with Gasteiger partial charge in [0.1, 0.15) is 0 Å². The molecule has 0 spiro atoms. The Bertz CT molecular complexity index is 358. The SMILES string of the molecule is CCCCN(CC)c1nc(NC)nc(OCC)n1. The van der Waals surface area contributed by atoms with Gasteiger partial charge in [0, 0.05) is 20.1 Å². The molecule has 1 aromatic rings. The lowest BCUT2D eigenvalue weighted by Crippen LogP contribution is -2.26. The van der Waals surface area contributed by atoms with Crippen LogP contribution in [0.1, 0.15) is 33.6 Å². The fourth-order valence-corrected chi connectivity index (χ4v) is 1.54. The molecular formula is C12H23N5O. The van der Waals surface area contributed by atoms with Gasteiger partial charge >= 0.3 is 6.01 Å². The molecule has 0 radical (unpaired) electrons. The maximum atomic E-state index is 5.36. The van der Waals surface area contributed by atoms with E-state index < -0.39 is 0 Å². The summed E-state index contributed by atoms with van der Waals surface area (Å²) >= 11 is 0. The average Bonchev–Trinajstić information content (AvgIpc) is 2.39. The van der Waals surface area contributed by atoms with Crippen molar-refractivity contribution in [1.29, 1.82) is 0 Å². The minimum atomic E-state index is 0.377. The molecule has 0 bridgehead atoms. The molecule has 18 heavy (non-hydrogen) atoms. The molecule has 0 unspecified atom stereocenters. The number of hydrogen-bond acceptors (Lipinski definition) is 6. The van der Waals surface area contributed by atoms with Crippen molar-refractivity contribution in [1.82, 2.24) is 15.0 Å². The normalized spacial score (nSPS) is 10.2. The monoisotopic (exact) mass is 253 g/mol. The van der Waals surface area contributed by atoms with Crippen LogP contribution in [0.5, 0.6) is 6.01 Å². The predicted octanol–water partition coefficient (Wildman–Crippen LogP) is 1.94. The van der Waals surface area contributed by atoms with E-state index >= 15 is 0 Å². The summed E-state index contributed by atoms with van der Waals surface area (Å²) in [6, 6.07) is 0.377. The second kappa shape index (κ2) is 7.68. The molecule has 0 aromatic carbocycles. The molecule has 0 aliphatic rings. The van der Waals surface area contributed by atoms with Crippen LogP contribution in [0.15, 0.2) is 0 Å². The number of ether oxygens (including phenoxy) is 1. The summed E-state index contributed by atoms with van der Waals surface area (Å²) < 4.78 is 5.36. The molecule has 0 amide bonds. The van der Waals surface area contributed by atoms with E-state index in [4.69, 9.17) is 4.74 Å². The predicted molar refractivity (Wildman–Crippen MR) is 73.3 cm³/mol. The lowest BCUT2D eigenvalue weighted by molar-refractivity contribution is 0.312. The summed E-state index contributed by atoms with van der Waals surface area (Å²) in [4.78, 5) is 15.0. The Morgan fingerprint density at radius 3 is 2.50 bits per heavy atom. The van der Waals surface area contributed by atoms with Crippen molar-refractivity contribution in [2.24, 2.45) is 0 Å². The quantitative estimate of drug-likeness (QED) is 0.764. The van der Waals surface area contributed by atoms with Gasteiger partial charge in [0.05, 0.1) is 6.61 Å². The highest BCUT2D eigenvalue weighted by Crippen LogP contribution is 2.15. The third kappa shape index (κ3) is 4.01. The van der Waals surface area contributed by atoms with Gasteiger partial charge in [-0.25, -0.2) is 0 Å². The molecule has 1 heterocycles. The van der Waals surface area contributed by atoms with Crippen molar-refractivity contribution in [3.8, 4) is 6.01 Å². The van der Waals surface area contributed by atoms with Crippen LogP contribution in [0.4, 0.5) is 11.9 Å². The third-order valence-corrected chi connectivity index (χ3v) is 2.55. The summed E-state index contributed by atoms with van der Waals surface area (Å²) in [5, 5.41) is 2.93. The van der Waals surface area contributed by atoms with Gasteiger partial charge in [-0.2, -0.15) is 15.0 Å². The van der Waals surface area contributed by atoms with Crippen molar-refractivity contribution >= 4 is 11.9 Å². The Hall–Kier alpha value is -1.59. The van der Waals surface area contributed by atoms with E-state index in [2.05, 4.69) is 39.0 Å². The molecule has 1 rings (SSSR count). The first-order valence-corrected chi connectivity index (χ1v) is 6.56. The molecule has 1 N–H and O–H groups in total. The first-order chi connectivity index (χ1) is 8.74. The molecule has 0 atom stereocenters. The lowest BCUT2D eigenvalue weighted by atomic mass is 10.3. The number of hydrogen-bond donors (Lipinski definition) is 1. The zero-order valence-corrected chi connectivity index (χ0v) is 11.7. The number of anilines is 2. The highest BCUT2D eigenvalue weighted by Gasteiger charge is 2.11. The Morgan fingerprint density at radius 2 is 1.94 bits per heavy atom. The second-order valence-electron chi connectivity index (χ2n) is 3.86. The first kappa shape index (κ1) is 14.5. The van der Waals surface area contributed by atoms with Crippen LogP contribution in [-0.4, -0.2) is 41.7 Å². The fourth-order valence-electron chi connectivity index (χ4n) is 1.54. The van der Waals surface area contributed by atoms with Gasteiger partial charge in [0.2, 0.25) is 11.9 Å².